The third-order valence-corrected chi connectivity index (χ3v) is 3.46. The van der Waals surface area contributed by atoms with Gasteiger partial charge in [0.05, 0.1) is 24.8 Å². The number of carbonyl (C=O) groups excluding carboxylic acids is 1. The van der Waals surface area contributed by atoms with Crippen molar-refractivity contribution in [2.45, 2.75) is 6.10 Å². The molecule has 102 valence electrons. The van der Waals surface area contributed by atoms with Crippen LogP contribution in [0.3, 0.4) is 0 Å². The number of carbonyl (C=O) groups is 1. The molecule has 1 fully saturated rings. The lowest BCUT2D eigenvalue weighted by Crippen LogP contribution is -2.56. The van der Waals surface area contributed by atoms with Crippen molar-refractivity contribution in [1.82, 2.24) is 14.9 Å². The minimum Gasteiger partial charge on any atom is -0.485 e. The third kappa shape index (κ3) is 2.80. The molecule has 0 aromatic carbocycles. The van der Waals surface area contributed by atoms with Crippen molar-refractivity contribution >= 4 is 21.8 Å². The van der Waals surface area contributed by atoms with Gasteiger partial charge in [-0.15, -0.1) is 0 Å². The van der Waals surface area contributed by atoms with E-state index in [4.69, 9.17) is 4.74 Å². The van der Waals surface area contributed by atoms with Crippen LogP contribution in [0.2, 0.25) is 0 Å². The molecule has 2 aromatic heterocycles. The largest absolute Gasteiger partial charge is 0.485 e. The molecule has 1 aliphatic rings. The second-order valence-electron chi connectivity index (χ2n) is 4.53. The van der Waals surface area contributed by atoms with Crippen molar-refractivity contribution in [3.05, 3.63) is 53.0 Å². The lowest BCUT2D eigenvalue weighted by molar-refractivity contribution is 0.0176. The van der Waals surface area contributed by atoms with Crippen LogP contribution in [-0.4, -0.2) is 40.0 Å². The molecule has 0 N–H and O–H groups in total. The van der Waals surface area contributed by atoms with Gasteiger partial charge in [-0.3, -0.25) is 14.8 Å². The van der Waals surface area contributed by atoms with Gasteiger partial charge in [0.25, 0.3) is 5.91 Å². The molecule has 0 saturated carbocycles. The molecule has 0 spiro atoms. The summed E-state index contributed by atoms with van der Waals surface area (Å²) in [4.78, 5) is 21.9. The number of likely N-dealkylation sites (tertiary alicyclic amines) is 1. The molecule has 0 atom stereocenters. The van der Waals surface area contributed by atoms with Crippen LogP contribution < -0.4 is 4.74 Å². The summed E-state index contributed by atoms with van der Waals surface area (Å²) in [6.07, 6.45) is 6.62. The Kier molecular flexibility index (Phi) is 3.64. The highest BCUT2D eigenvalue weighted by Gasteiger charge is 2.33. The number of ether oxygens (including phenoxy) is 1. The SMILES string of the molecule is O=C(c1cncc(Br)c1)N1CC(Oc2cccnc2)C1. The lowest BCUT2D eigenvalue weighted by Gasteiger charge is -2.38. The summed E-state index contributed by atoms with van der Waals surface area (Å²) >= 11 is 3.31. The van der Waals surface area contributed by atoms with Crippen LogP contribution in [0.1, 0.15) is 10.4 Å². The minimum atomic E-state index is -0.0233. The number of pyridine rings is 2. The predicted octanol–water partition coefficient (Wildman–Crippen LogP) is 2.14. The smallest absolute Gasteiger partial charge is 0.255 e. The van der Waals surface area contributed by atoms with Gasteiger partial charge in [-0.05, 0) is 34.1 Å². The predicted molar refractivity (Wildman–Crippen MR) is 76.5 cm³/mol. The van der Waals surface area contributed by atoms with Gasteiger partial charge in [-0.2, -0.15) is 0 Å². The first-order valence-corrected chi connectivity index (χ1v) is 6.98. The van der Waals surface area contributed by atoms with E-state index >= 15 is 0 Å². The summed E-state index contributed by atoms with van der Waals surface area (Å²) in [5.41, 5.74) is 0.583. The molecule has 0 radical (unpaired) electrons. The van der Waals surface area contributed by atoms with Gasteiger partial charge >= 0.3 is 0 Å². The van der Waals surface area contributed by atoms with Crippen molar-refractivity contribution in [3.63, 3.8) is 0 Å². The van der Waals surface area contributed by atoms with Crippen molar-refractivity contribution in [3.8, 4) is 5.75 Å². The Morgan fingerprint density at radius 1 is 1.30 bits per heavy atom. The first-order chi connectivity index (χ1) is 9.72. The second-order valence-corrected chi connectivity index (χ2v) is 5.45. The number of halogens is 1. The van der Waals surface area contributed by atoms with E-state index in [0.29, 0.717) is 18.7 Å². The fourth-order valence-electron chi connectivity index (χ4n) is 2.00. The molecule has 0 unspecified atom stereocenters. The maximum Gasteiger partial charge on any atom is 0.255 e. The van der Waals surface area contributed by atoms with Crippen LogP contribution in [0.25, 0.3) is 0 Å². The van der Waals surface area contributed by atoms with E-state index in [1.165, 1.54) is 0 Å². The maximum absolute atomic E-state index is 12.2. The van der Waals surface area contributed by atoms with Crippen LogP contribution in [-0.2, 0) is 0 Å². The van der Waals surface area contributed by atoms with E-state index in [1.807, 2.05) is 12.1 Å². The van der Waals surface area contributed by atoms with Gasteiger partial charge in [0, 0.05) is 23.1 Å². The first kappa shape index (κ1) is 13.1. The lowest BCUT2D eigenvalue weighted by atomic mass is 10.1. The summed E-state index contributed by atoms with van der Waals surface area (Å²) in [6, 6.07) is 5.45. The molecule has 20 heavy (non-hydrogen) atoms. The highest BCUT2D eigenvalue weighted by Crippen LogP contribution is 2.19. The Bertz CT molecular complexity index is 615. The minimum absolute atomic E-state index is 0.0233. The summed E-state index contributed by atoms with van der Waals surface area (Å²) in [5.74, 6) is 0.707. The standard InChI is InChI=1S/C14H12BrN3O2/c15-11-4-10(5-17-6-11)14(19)18-8-13(9-18)20-12-2-1-3-16-7-12/h1-7,13H,8-9H2. The molecule has 5 nitrogen and oxygen atoms in total. The van der Waals surface area contributed by atoms with E-state index in [0.717, 1.165) is 10.2 Å². The molecule has 1 saturated heterocycles. The number of hydrogen-bond donors (Lipinski definition) is 0. The van der Waals surface area contributed by atoms with Crippen LogP contribution in [0.5, 0.6) is 5.75 Å². The van der Waals surface area contributed by atoms with Gasteiger partial charge in [-0.25, -0.2) is 0 Å². The van der Waals surface area contributed by atoms with Crippen LogP contribution in [0.15, 0.2) is 47.5 Å². The fourth-order valence-corrected chi connectivity index (χ4v) is 2.36. The quantitative estimate of drug-likeness (QED) is 0.863. The Hall–Kier alpha value is -1.95. The highest BCUT2D eigenvalue weighted by atomic mass is 79.9. The Morgan fingerprint density at radius 2 is 2.15 bits per heavy atom. The van der Waals surface area contributed by atoms with Crippen LogP contribution in [0.4, 0.5) is 0 Å². The van der Waals surface area contributed by atoms with E-state index in [1.54, 1.807) is 35.8 Å². The molecule has 3 heterocycles. The maximum atomic E-state index is 12.2. The zero-order chi connectivity index (χ0) is 13.9. The number of aromatic nitrogens is 2. The Balaban J connectivity index is 1.56. The zero-order valence-corrected chi connectivity index (χ0v) is 12.2. The first-order valence-electron chi connectivity index (χ1n) is 6.19. The number of hydrogen-bond acceptors (Lipinski definition) is 4. The monoisotopic (exact) mass is 333 g/mol. The van der Waals surface area contributed by atoms with E-state index in [9.17, 15) is 4.79 Å². The average Bonchev–Trinajstić information content (AvgIpc) is 2.43. The molecular formula is C14H12BrN3O2. The van der Waals surface area contributed by atoms with Crippen molar-refractivity contribution in [1.29, 1.82) is 0 Å². The van der Waals surface area contributed by atoms with E-state index in [2.05, 4.69) is 25.9 Å². The molecule has 1 aliphatic heterocycles. The fraction of sp³-hybridized carbons (Fsp3) is 0.214. The van der Waals surface area contributed by atoms with Crippen LogP contribution in [0, 0.1) is 0 Å². The zero-order valence-electron chi connectivity index (χ0n) is 10.6. The third-order valence-electron chi connectivity index (χ3n) is 3.02. The van der Waals surface area contributed by atoms with Gasteiger partial charge in [0.1, 0.15) is 11.9 Å². The van der Waals surface area contributed by atoms with Gasteiger partial charge in [0.15, 0.2) is 0 Å². The summed E-state index contributed by atoms with van der Waals surface area (Å²) < 4.78 is 6.51. The van der Waals surface area contributed by atoms with Gasteiger partial charge < -0.3 is 9.64 Å². The van der Waals surface area contributed by atoms with Gasteiger partial charge in [-0.1, -0.05) is 0 Å². The average molecular weight is 334 g/mol. The number of amides is 1. The van der Waals surface area contributed by atoms with Crippen LogP contribution >= 0.6 is 15.9 Å². The van der Waals surface area contributed by atoms with Crippen molar-refractivity contribution < 1.29 is 9.53 Å². The molecule has 6 heteroatoms. The summed E-state index contributed by atoms with van der Waals surface area (Å²) in [7, 11) is 0. The summed E-state index contributed by atoms with van der Waals surface area (Å²) in [5, 5.41) is 0. The molecule has 1 amide bonds. The van der Waals surface area contributed by atoms with Crippen molar-refractivity contribution in [2.75, 3.05) is 13.1 Å². The highest BCUT2D eigenvalue weighted by molar-refractivity contribution is 9.10. The molecular weight excluding hydrogens is 322 g/mol. The Morgan fingerprint density at radius 3 is 2.85 bits per heavy atom. The molecule has 2 aromatic rings. The topological polar surface area (TPSA) is 55.3 Å². The Labute approximate surface area is 124 Å². The molecule has 3 rings (SSSR count). The normalized spacial score (nSPS) is 14.8. The molecule has 0 aliphatic carbocycles. The van der Waals surface area contributed by atoms with Gasteiger partial charge in [0.2, 0.25) is 0 Å². The van der Waals surface area contributed by atoms with E-state index < -0.39 is 0 Å². The second kappa shape index (κ2) is 5.58. The molecule has 0 bridgehead atoms. The number of rotatable bonds is 3. The number of nitrogens with zero attached hydrogens (tertiary/aromatic N) is 3. The summed E-state index contributed by atoms with van der Waals surface area (Å²) in [6.45, 7) is 1.17. The van der Waals surface area contributed by atoms with E-state index in [-0.39, 0.29) is 12.0 Å². The van der Waals surface area contributed by atoms with Crippen molar-refractivity contribution in [2.24, 2.45) is 0 Å².